The van der Waals surface area contributed by atoms with Crippen molar-refractivity contribution in [2.45, 2.75) is 25.8 Å². The SMILES string of the molecule is CCCCOC(=O)N1CCOCC1CNS(C)(=O)=O. The molecule has 0 bridgehead atoms. The van der Waals surface area contributed by atoms with Crippen molar-refractivity contribution in [3.8, 4) is 0 Å². The molecule has 0 aromatic carbocycles. The van der Waals surface area contributed by atoms with Crippen molar-refractivity contribution in [3.63, 3.8) is 0 Å². The number of rotatable bonds is 6. The second kappa shape index (κ2) is 7.66. The van der Waals surface area contributed by atoms with Crippen LogP contribution in [0.1, 0.15) is 19.8 Å². The molecule has 8 heteroatoms. The molecule has 112 valence electrons. The molecule has 1 unspecified atom stereocenters. The van der Waals surface area contributed by atoms with Gasteiger partial charge >= 0.3 is 6.09 Å². The average molecular weight is 294 g/mol. The summed E-state index contributed by atoms with van der Waals surface area (Å²) in [6.45, 7) is 3.72. The zero-order valence-electron chi connectivity index (χ0n) is 11.4. The second-order valence-corrected chi connectivity index (χ2v) is 6.34. The van der Waals surface area contributed by atoms with Gasteiger partial charge in [0.1, 0.15) is 0 Å². The Kier molecular flexibility index (Phi) is 6.53. The predicted molar refractivity (Wildman–Crippen MR) is 70.4 cm³/mol. The van der Waals surface area contributed by atoms with Crippen LogP contribution in [0.2, 0.25) is 0 Å². The van der Waals surface area contributed by atoms with Crippen LogP contribution < -0.4 is 4.72 Å². The summed E-state index contributed by atoms with van der Waals surface area (Å²) in [7, 11) is -3.28. The number of nitrogens with zero attached hydrogens (tertiary/aromatic N) is 1. The Morgan fingerprint density at radius 2 is 2.26 bits per heavy atom. The molecular weight excluding hydrogens is 272 g/mol. The molecule has 19 heavy (non-hydrogen) atoms. The van der Waals surface area contributed by atoms with E-state index in [1.54, 1.807) is 0 Å². The standard InChI is InChI=1S/C11H22N2O5S/c1-3-4-6-18-11(14)13-5-7-17-9-10(13)8-12-19(2,15)16/h10,12H,3-9H2,1-2H3. The van der Waals surface area contributed by atoms with E-state index >= 15 is 0 Å². The molecule has 0 aromatic heterocycles. The minimum absolute atomic E-state index is 0.141. The molecule has 1 atom stereocenters. The Labute approximate surface area is 114 Å². The summed E-state index contributed by atoms with van der Waals surface area (Å²) in [6.07, 6.45) is 2.45. The maximum atomic E-state index is 11.9. The molecule has 1 fully saturated rings. The number of carbonyl (C=O) groups excluding carboxylic acids is 1. The van der Waals surface area contributed by atoms with Gasteiger partial charge in [-0.25, -0.2) is 17.9 Å². The first kappa shape index (κ1) is 16.2. The van der Waals surface area contributed by atoms with Crippen molar-refractivity contribution in [2.75, 3.05) is 39.2 Å². The highest BCUT2D eigenvalue weighted by molar-refractivity contribution is 7.88. The first-order chi connectivity index (χ1) is 8.94. The van der Waals surface area contributed by atoms with Crippen molar-refractivity contribution < 1.29 is 22.7 Å². The zero-order valence-corrected chi connectivity index (χ0v) is 12.2. The molecule has 1 rings (SSSR count). The molecule has 1 N–H and O–H groups in total. The van der Waals surface area contributed by atoms with Crippen molar-refractivity contribution in [1.29, 1.82) is 0 Å². The van der Waals surface area contributed by atoms with Crippen molar-refractivity contribution in [2.24, 2.45) is 0 Å². The Morgan fingerprint density at radius 3 is 2.89 bits per heavy atom. The third kappa shape index (κ3) is 6.22. The van der Waals surface area contributed by atoms with Crippen LogP contribution in [-0.2, 0) is 19.5 Å². The summed E-state index contributed by atoms with van der Waals surface area (Å²) in [5.74, 6) is 0. The fourth-order valence-electron chi connectivity index (χ4n) is 1.70. The Balaban J connectivity index is 2.49. The van der Waals surface area contributed by atoms with Crippen LogP contribution in [-0.4, -0.2) is 64.6 Å². The van der Waals surface area contributed by atoms with Gasteiger partial charge in [0.2, 0.25) is 10.0 Å². The maximum Gasteiger partial charge on any atom is 0.410 e. The molecule has 1 amide bonds. The molecule has 0 aromatic rings. The summed E-state index contributed by atoms with van der Waals surface area (Å²) in [5.41, 5.74) is 0. The minimum Gasteiger partial charge on any atom is -0.449 e. The summed E-state index contributed by atoms with van der Waals surface area (Å²) >= 11 is 0. The van der Waals surface area contributed by atoms with Crippen LogP contribution in [0.4, 0.5) is 4.79 Å². The maximum absolute atomic E-state index is 11.9. The molecule has 1 aliphatic heterocycles. The van der Waals surface area contributed by atoms with Crippen LogP contribution >= 0.6 is 0 Å². The highest BCUT2D eigenvalue weighted by atomic mass is 32.2. The number of ether oxygens (including phenoxy) is 2. The van der Waals surface area contributed by atoms with E-state index in [0.717, 1.165) is 19.1 Å². The molecule has 0 spiro atoms. The molecule has 7 nitrogen and oxygen atoms in total. The minimum atomic E-state index is -3.28. The van der Waals surface area contributed by atoms with Crippen LogP contribution in [0.3, 0.4) is 0 Å². The quantitative estimate of drug-likeness (QED) is 0.706. The molecule has 0 radical (unpaired) electrons. The Hall–Kier alpha value is -0.860. The first-order valence-corrected chi connectivity index (χ1v) is 8.29. The lowest BCUT2D eigenvalue weighted by atomic mass is 10.2. The number of amides is 1. The van der Waals surface area contributed by atoms with E-state index in [9.17, 15) is 13.2 Å². The number of sulfonamides is 1. The molecule has 1 heterocycles. The van der Waals surface area contributed by atoms with Crippen LogP contribution in [0.25, 0.3) is 0 Å². The molecule has 1 saturated heterocycles. The fourth-order valence-corrected chi connectivity index (χ4v) is 2.19. The third-order valence-corrected chi connectivity index (χ3v) is 3.46. The van der Waals surface area contributed by atoms with Crippen molar-refractivity contribution in [3.05, 3.63) is 0 Å². The van der Waals surface area contributed by atoms with Gasteiger partial charge in [-0.1, -0.05) is 13.3 Å². The zero-order chi connectivity index (χ0) is 14.3. The second-order valence-electron chi connectivity index (χ2n) is 4.51. The molecule has 0 aliphatic carbocycles. The largest absolute Gasteiger partial charge is 0.449 e. The monoisotopic (exact) mass is 294 g/mol. The first-order valence-electron chi connectivity index (χ1n) is 6.40. The summed E-state index contributed by atoms with van der Waals surface area (Å²) in [6, 6.07) is -0.322. The fraction of sp³-hybridized carbons (Fsp3) is 0.909. The van der Waals surface area contributed by atoms with Gasteiger partial charge in [0.05, 0.1) is 32.1 Å². The van der Waals surface area contributed by atoms with Crippen LogP contribution in [0.5, 0.6) is 0 Å². The summed E-state index contributed by atoms with van der Waals surface area (Å²) in [5, 5.41) is 0. The van der Waals surface area contributed by atoms with Crippen molar-refractivity contribution >= 4 is 16.1 Å². The van der Waals surface area contributed by atoms with Crippen molar-refractivity contribution in [1.82, 2.24) is 9.62 Å². The van der Waals surface area contributed by atoms with Gasteiger partial charge in [-0.2, -0.15) is 0 Å². The number of hydrogen-bond acceptors (Lipinski definition) is 5. The van der Waals surface area contributed by atoms with E-state index in [-0.39, 0.29) is 12.6 Å². The van der Waals surface area contributed by atoms with Crippen LogP contribution in [0, 0.1) is 0 Å². The van der Waals surface area contributed by atoms with E-state index in [1.807, 2.05) is 6.92 Å². The number of carbonyl (C=O) groups is 1. The number of hydrogen-bond donors (Lipinski definition) is 1. The molecule has 1 aliphatic rings. The van der Waals surface area contributed by atoms with Gasteiger partial charge < -0.3 is 9.47 Å². The highest BCUT2D eigenvalue weighted by Crippen LogP contribution is 2.09. The van der Waals surface area contributed by atoms with Gasteiger partial charge in [-0.3, -0.25) is 4.90 Å². The van der Waals surface area contributed by atoms with E-state index in [2.05, 4.69) is 4.72 Å². The highest BCUT2D eigenvalue weighted by Gasteiger charge is 2.28. The van der Waals surface area contributed by atoms with Gasteiger partial charge in [-0.05, 0) is 6.42 Å². The van der Waals surface area contributed by atoms with Gasteiger partial charge in [0.15, 0.2) is 0 Å². The van der Waals surface area contributed by atoms with E-state index in [1.165, 1.54) is 4.90 Å². The van der Waals surface area contributed by atoms with Gasteiger partial charge in [0.25, 0.3) is 0 Å². The average Bonchev–Trinajstić information content (AvgIpc) is 2.36. The normalized spacial score (nSPS) is 20.3. The van der Waals surface area contributed by atoms with E-state index < -0.39 is 16.1 Å². The van der Waals surface area contributed by atoms with Crippen LogP contribution in [0.15, 0.2) is 0 Å². The topological polar surface area (TPSA) is 84.9 Å². The van der Waals surface area contributed by atoms with E-state index in [0.29, 0.717) is 26.4 Å². The Morgan fingerprint density at radius 1 is 1.53 bits per heavy atom. The lowest BCUT2D eigenvalue weighted by Gasteiger charge is -2.34. The lowest BCUT2D eigenvalue weighted by molar-refractivity contribution is -0.00721. The lowest BCUT2D eigenvalue weighted by Crippen LogP contribution is -2.53. The molecular formula is C11H22N2O5S. The molecule has 0 saturated carbocycles. The summed E-state index contributed by atoms with van der Waals surface area (Å²) < 4.78 is 34.9. The Bertz CT molecular complexity index is 385. The van der Waals surface area contributed by atoms with Gasteiger partial charge in [-0.15, -0.1) is 0 Å². The summed E-state index contributed by atoms with van der Waals surface area (Å²) in [4.78, 5) is 13.4. The number of unbranched alkanes of at least 4 members (excludes halogenated alkanes) is 1. The van der Waals surface area contributed by atoms with E-state index in [4.69, 9.17) is 9.47 Å². The third-order valence-electron chi connectivity index (χ3n) is 2.77. The van der Waals surface area contributed by atoms with Gasteiger partial charge in [0, 0.05) is 13.1 Å². The smallest absolute Gasteiger partial charge is 0.410 e. The predicted octanol–water partition coefficient (Wildman–Crippen LogP) is 0.173. The number of morpholine rings is 1. The number of nitrogens with one attached hydrogen (secondary N) is 1.